The van der Waals surface area contributed by atoms with Crippen LogP contribution in [0, 0.1) is 5.82 Å². The second kappa shape index (κ2) is 11.8. The molecular formula is C24H23F5N6O3. The molecule has 202 valence electrons. The lowest BCUT2D eigenvalue weighted by Gasteiger charge is -2.11. The quantitative estimate of drug-likeness (QED) is 0.354. The summed E-state index contributed by atoms with van der Waals surface area (Å²) in [4.78, 5) is 31.3. The number of aromatic amines is 1. The maximum atomic E-state index is 14.5. The van der Waals surface area contributed by atoms with E-state index < -0.39 is 40.5 Å². The summed E-state index contributed by atoms with van der Waals surface area (Å²) in [6.07, 6.45) is 0.398. The number of hydrogen-bond donors (Lipinski definition) is 2. The van der Waals surface area contributed by atoms with Crippen LogP contribution in [0.3, 0.4) is 0 Å². The number of fused-ring (bicyclic) bond motifs is 1. The molecule has 1 aromatic carbocycles. The van der Waals surface area contributed by atoms with E-state index in [1.54, 1.807) is 11.2 Å². The van der Waals surface area contributed by atoms with E-state index in [9.17, 15) is 31.5 Å². The summed E-state index contributed by atoms with van der Waals surface area (Å²) >= 11 is 0. The van der Waals surface area contributed by atoms with E-state index in [-0.39, 0.29) is 23.3 Å². The summed E-state index contributed by atoms with van der Waals surface area (Å²) in [5.74, 6) is 0.0507. The lowest BCUT2D eigenvalue weighted by atomic mass is 10.1. The minimum Gasteiger partial charge on any atom is -0.494 e. The third-order valence-corrected chi connectivity index (χ3v) is 5.33. The minimum absolute atomic E-state index is 0.0342. The van der Waals surface area contributed by atoms with Crippen LogP contribution in [0.1, 0.15) is 25.3 Å². The fourth-order valence-electron chi connectivity index (χ4n) is 3.50. The number of anilines is 1. The third kappa shape index (κ3) is 6.49. The summed E-state index contributed by atoms with van der Waals surface area (Å²) in [6, 6.07) is 4.35. The van der Waals surface area contributed by atoms with E-state index in [1.807, 2.05) is 6.92 Å². The number of ether oxygens (including phenoxy) is 1. The van der Waals surface area contributed by atoms with Crippen molar-refractivity contribution in [2.24, 2.45) is 0 Å². The number of nitrogens with zero attached hydrogens (tertiary/aromatic N) is 4. The molecule has 3 heterocycles. The zero-order chi connectivity index (χ0) is 28.0. The number of aromatic nitrogens is 5. The number of pyridine rings is 1. The fraction of sp³-hybridized carbons (Fsp3) is 0.292. The Morgan fingerprint density at radius 1 is 1.16 bits per heavy atom. The van der Waals surface area contributed by atoms with Crippen molar-refractivity contribution in [2.75, 3.05) is 12.8 Å². The van der Waals surface area contributed by atoms with Crippen molar-refractivity contribution in [1.29, 1.82) is 0 Å². The van der Waals surface area contributed by atoms with Gasteiger partial charge < -0.3 is 15.0 Å². The first-order valence-corrected chi connectivity index (χ1v) is 11.2. The zero-order valence-corrected chi connectivity index (χ0v) is 20.2. The molecule has 14 heteroatoms. The van der Waals surface area contributed by atoms with E-state index in [1.165, 1.54) is 36.3 Å². The van der Waals surface area contributed by atoms with Gasteiger partial charge in [-0.05, 0) is 30.0 Å². The summed E-state index contributed by atoms with van der Waals surface area (Å²) in [5, 5.41) is 5.49. The third-order valence-electron chi connectivity index (χ3n) is 5.33. The van der Waals surface area contributed by atoms with Crippen molar-refractivity contribution in [2.45, 2.75) is 38.7 Å². The highest BCUT2D eigenvalue weighted by Crippen LogP contribution is 2.29. The largest absolute Gasteiger partial charge is 0.494 e. The molecule has 0 aliphatic carbocycles. The normalized spacial score (nSPS) is 12.1. The monoisotopic (exact) mass is 538 g/mol. The smallest absolute Gasteiger partial charge is 0.423 e. The first kappa shape index (κ1) is 28.2. The Balaban J connectivity index is 0.000000279. The van der Waals surface area contributed by atoms with Gasteiger partial charge in [-0.25, -0.2) is 23.8 Å². The number of nitrogens with two attached hydrogens (primary N) is 1. The molecule has 4 aromatic rings. The molecule has 9 nitrogen and oxygen atoms in total. The molecule has 1 atom stereocenters. The number of rotatable bonds is 6. The van der Waals surface area contributed by atoms with Crippen LogP contribution in [0.5, 0.6) is 5.75 Å². The van der Waals surface area contributed by atoms with Crippen LogP contribution in [-0.4, -0.2) is 38.0 Å². The molecule has 38 heavy (non-hydrogen) atoms. The highest BCUT2D eigenvalue weighted by molar-refractivity contribution is 5.86. The predicted octanol–water partition coefficient (Wildman–Crippen LogP) is 4.12. The Morgan fingerprint density at radius 2 is 1.84 bits per heavy atom. The molecular weight excluding hydrogens is 515 g/mol. The van der Waals surface area contributed by atoms with Crippen molar-refractivity contribution in [1.82, 2.24) is 24.7 Å². The van der Waals surface area contributed by atoms with Crippen molar-refractivity contribution in [3.63, 3.8) is 0 Å². The molecule has 0 saturated carbocycles. The zero-order valence-electron chi connectivity index (χ0n) is 20.2. The SMILES string of the molecule is CCCC(F)Cn1ccc2cc(-c3ncc(OC)cn3)c(F)cc2c1=O.Nc1cn[nH]c(=O)c1C(F)(F)F. The maximum absolute atomic E-state index is 14.5. The Kier molecular flexibility index (Phi) is 8.76. The Morgan fingerprint density at radius 3 is 2.39 bits per heavy atom. The number of benzene rings is 1. The molecule has 4 rings (SSSR count). The maximum Gasteiger partial charge on any atom is 0.423 e. The molecule has 3 aromatic heterocycles. The molecule has 0 amide bonds. The first-order valence-electron chi connectivity index (χ1n) is 11.2. The van der Waals surface area contributed by atoms with E-state index in [4.69, 9.17) is 10.5 Å². The summed E-state index contributed by atoms with van der Waals surface area (Å²) < 4.78 is 70.6. The van der Waals surface area contributed by atoms with Crippen LogP contribution in [0.15, 0.2) is 52.6 Å². The molecule has 0 aliphatic heterocycles. The van der Waals surface area contributed by atoms with Gasteiger partial charge in [-0.3, -0.25) is 9.59 Å². The molecule has 0 bridgehead atoms. The molecule has 3 N–H and O–H groups in total. The van der Waals surface area contributed by atoms with E-state index >= 15 is 0 Å². The fourth-order valence-corrected chi connectivity index (χ4v) is 3.50. The van der Waals surface area contributed by atoms with Crippen LogP contribution in [0.4, 0.5) is 27.6 Å². The second-order valence-electron chi connectivity index (χ2n) is 8.05. The number of halogens is 5. The van der Waals surface area contributed by atoms with Gasteiger partial charge in [-0.1, -0.05) is 13.3 Å². The summed E-state index contributed by atoms with van der Waals surface area (Å²) in [6.45, 7) is 1.85. The van der Waals surface area contributed by atoms with Gasteiger partial charge in [-0.2, -0.15) is 18.3 Å². The molecule has 0 radical (unpaired) electrons. The Bertz CT molecular complexity index is 1520. The van der Waals surface area contributed by atoms with Crippen LogP contribution >= 0.6 is 0 Å². The second-order valence-corrected chi connectivity index (χ2v) is 8.05. The Hall–Kier alpha value is -4.36. The number of H-pyrrole nitrogens is 1. The van der Waals surface area contributed by atoms with Gasteiger partial charge >= 0.3 is 6.18 Å². The topological polar surface area (TPSA) is 129 Å². The van der Waals surface area contributed by atoms with Gasteiger partial charge in [-0.15, -0.1) is 0 Å². The minimum atomic E-state index is -4.74. The Labute approximate surface area is 212 Å². The van der Waals surface area contributed by atoms with E-state index in [0.29, 0.717) is 24.0 Å². The van der Waals surface area contributed by atoms with Crippen LogP contribution in [-0.2, 0) is 12.7 Å². The average Bonchev–Trinajstić information content (AvgIpc) is 2.85. The van der Waals surface area contributed by atoms with Gasteiger partial charge in [0.1, 0.15) is 17.6 Å². The standard InChI is InChI=1S/C19H19F2N3O2.C5H4F3N3O/c1-3-4-13(20)11-24-6-5-12-7-16(17(21)8-15(12)19(24)25)18-22-9-14(26-2)10-23-18;6-5(7,8)3-2(9)1-10-11-4(3)12/h5-10,13H,3-4,11H2,1-2H3;1H,(H3,9,11,12). The van der Waals surface area contributed by atoms with Crippen LogP contribution < -0.4 is 21.6 Å². The lowest BCUT2D eigenvalue weighted by molar-refractivity contribution is -0.138. The molecule has 0 fully saturated rings. The van der Waals surface area contributed by atoms with Crippen LogP contribution in [0.25, 0.3) is 22.2 Å². The summed E-state index contributed by atoms with van der Waals surface area (Å²) in [7, 11) is 1.49. The number of hydrogen-bond acceptors (Lipinski definition) is 7. The number of methoxy groups -OCH3 is 1. The van der Waals surface area contributed by atoms with Gasteiger partial charge in [0, 0.05) is 6.20 Å². The lowest BCUT2D eigenvalue weighted by Crippen LogP contribution is -2.24. The van der Waals surface area contributed by atoms with Gasteiger partial charge in [0.2, 0.25) is 0 Å². The number of nitrogens with one attached hydrogen (secondary N) is 1. The van der Waals surface area contributed by atoms with Gasteiger partial charge in [0.25, 0.3) is 11.1 Å². The summed E-state index contributed by atoms with van der Waals surface area (Å²) in [5.41, 5.74) is 1.27. The predicted molar refractivity (Wildman–Crippen MR) is 130 cm³/mol. The highest BCUT2D eigenvalue weighted by Gasteiger charge is 2.36. The molecule has 0 aliphatic rings. The average molecular weight is 538 g/mol. The van der Waals surface area contributed by atoms with Crippen molar-refractivity contribution in [3.8, 4) is 17.1 Å². The number of alkyl halides is 4. The van der Waals surface area contributed by atoms with E-state index in [0.717, 1.165) is 12.3 Å². The highest BCUT2D eigenvalue weighted by atomic mass is 19.4. The molecule has 0 spiro atoms. The first-order chi connectivity index (χ1) is 18.0. The van der Waals surface area contributed by atoms with Gasteiger partial charge in [0.15, 0.2) is 11.6 Å². The van der Waals surface area contributed by atoms with Gasteiger partial charge in [0.05, 0.1) is 48.9 Å². The molecule has 1 unspecified atom stereocenters. The number of nitrogen functional groups attached to an aromatic ring is 1. The van der Waals surface area contributed by atoms with E-state index in [2.05, 4.69) is 15.1 Å². The van der Waals surface area contributed by atoms with Crippen LogP contribution in [0.2, 0.25) is 0 Å². The van der Waals surface area contributed by atoms with Crippen molar-refractivity contribution >= 4 is 16.5 Å². The van der Waals surface area contributed by atoms with Crippen molar-refractivity contribution in [3.05, 3.63) is 75.1 Å². The molecule has 0 saturated heterocycles. The van der Waals surface area contributed by atoms with Crippen molar-refractivity contribution < 1.29 is 26.7 Å².